The lowest BCUT2D eigenvalue weighted by atomic mass is 9.68. The summed E-state index contributed by atoms with van der Waals surface area (Å²) in [4.78, 5) is 10.2. The minimum absolute atomic E-state index is 0.0724. The molecule has 8 aromatic rings. The van der Waals surface area contributed by atoms with Crippen LogP contribution < -0.4 is 0 Å². The first-order chi connectivity index (χ1) is 21.0. The quantitative estimate of drug-likeness (QED) is 0.214. The third kappa shape index (κ3) is 3.61. The van der Waals surface area contributed by atoms with Crippen LogP contribution in [-0.4, -0.2) is 9.97 Å². The van der Waals surface area contributed by atoms with Gasteiger partial charge in [-0.05, 0) is 75.2 Å². The number of nitrogens with zero attached hydrogens (tertiary/aromatic N) is 2. The molecule has 0 aliphatic heterocycles. The molecule has 3 nitrogen and oxygen atoms in total. The summed E-state index contributed by atoms with van der Waals surface area (Å²) in [6.45, 7) is 4.73. The van der Waals surface area contributed by atoms with E-state index >= 15 is 0 Å². The van der Waals surface area contributed by atoms with Gasteiger partial charge in [0.25, 0.3) is 0 Å². The average molecular weight is 553 g/mol. The van der Waals surface area contributed by atoms with Crippen molar-refractivity contribution in [2.24, 2.45) is 0 Å². The summed E-state index contributed by atoms with van der Waals surface area (Å²) < 4.78 is 6.50. The lowest BCUT2D eigenvalue weighted by molar-refractivity contribution is 0.522. The largest absolute Gasteiger partial charge is 0.456 e. The molecule has 2 heterocycles. The summed E-state index contributed by atoms with van der Waals surface area (Å²) in [5, 5.41) is 5.94. The number of furan rings is 1. The zero-order valence-corrected chi connectivity index (χ0v) is 24.1. The molecule has 0 saturated heterocycles. The van der Waals surface area contributed by atoms with Gasteiger partial charge in [-0.2, -0.15) is 0 Å². The number of hydrogen-bond acceptors (Lipinski definition) is 3. The van der Waals surface area contributed by atoms with Gasteiger partial charge in [-0.25, -0.2) is 9.97 Å². The maximum atomic E-state index is 6.50. The van der Waals surface area contributed by atoms with Crippen molar-refractivity contribution in [3.05, 3.63) is 132 Å². The second-order valence-electron chi connectivity index (χ2n) is 12.3. The average Bonchev–Trinajstić information content (AvgIpc) is 3.42. The Balaban J connectivity index is 1.32. The molecular weight excluding hydrogens is 524 g/mol. The van der Waals surface area contributed by atoms with E-state index in [2.05, 4.69) is 117 Å². The lowest BCUT2D eigenvalue weighted by Crippen LogP contribution is -2.26. The van der Waals surface area contributed by atoms with Gasteiger partial charge < -0.3 is 4.42 Å². The van der Waals surface area contributed by atoms with Crippen LogP contribution >= 0.6 is 0 Å². The molecule has 0 atom stereocenters. The number of para-hydroxylation sites is 1. The molecule has 0 unspecified atom stereocenters. The van der Waals surface area contributed by atoms with Crippen molar-refractivity contribution >= 4 is 43.6 Å². The van der Waals surface area contributed by atoms with Gasteiger partial charge in [-0.15, -0.1) is 0 Å². The molecule has 9 rings (SSSR count). The predicted octanol–water partition coefficient (Wildman–Crippen LogP) is 10.5. The zero-order chi connectivity index (χ0) is 28.7. The Morgan fingerprint density at radius 2 is 1.40 bits per heavy atom. The highest BCUT2D eigenvalue weighted by Gasteiger charge is 2.35. The minimum Gasteiger partial charge on any atom is -0.456 e. The standard InChI is InChI=1S/C40H28N2O/c1-40(2)23-27-17-16-24-10-6-7-13-28(24)35(27)30-19-21-34-36(37(30)40)31-22-26(18-20-33(31)43-34)39-41-32-15-9-8-14-29(32)38(42-39)25-11-4-3-5-12-25/h3-22H,23H2,1-2H3. The zero-order valence-electron chi connectivity index (χ0n) is 24.1. The van der Waals surface area contributed by atoms with Crippen LogP contribution in [0.2, 0.25) is 0 Å². The first kappa shape index (κ1) is 24.3. The van der Waals surface area contributed by atoms with E-state index in [0.717, 1.165) is 50.7 Å². The Morgan fingerprint density at radius 3 is 2.28 bits per heavy atom. The molecule has 1 aliphatic rings. The Hall–Kier alpha value is -5.28. The topological polar surface area (TPSA) is 38.9 Å². The number of rotatable bonds is 2. The molecule has 0 spiro atoms. The van der Waals surface area contributed by atoms with E-state index in [1.54, 1.807) is 0 Å². The predicted molar refractivity (Wildman–Crippen MR) is 177 cm³/mol. The molecule has 1 aliphatic carbocycles. The molecule has 204 valence electrons. The fourth-order valence-corrected chi connectivity index (χ4v) is 7.29. The number of benzene rings is 6. The molecule has 6 aromatic carbocycles. The maximum Gasteiger partial charge on any atom is 0.160 e. The number of aromatic nitrogens is 2. The molecule has 0 radical (unpaired) electrons. The van der Waals surface area contributed by atoms with E-state index in [0.29, 0.717) is 5.82 Å². The Labute approximate surface area is 249 Å². The molecule has 0 N–H and O–H groups in total. The van der Waals surface area contributed by atoms with Crippen LogP contribution in [0.5, 0.6) is 0 Å². The number of hydrogen-bond donors (Lipinski definition) is 0. The van der Waals surface area contributed by atoms with Crippen molar-refractivity contribution in [2.75, 3.05) is 0 Å². The van der Waals surface area contributed by atoms with E-state index in [-0.39, 0.29) is 5.41 Å². The van der Waals surface area contributed by atoms with Gasteiger partial charge in [-0.1, -0.05) is 105 Å². The summed E-state index contributed by atoms with van der Waals surface area (Å²) in [7, 11) is 0. The van der Waals surface area contributed by atoms with E-state index in [4.69, 9.17) is 14.4 Å². The van der Waals surface area contributed by atoms with Crippen LogP contribution in [0.1, 0.15) is 25.0 Å². The molecule has 3 heteroatoms. The molecule has 0 fully saturated rings. The van der Waals surface area contributed by atoms with Crippen molar-refractivity contribution in [3.63, 3.8) is 0 Å². The van der Waals surface area contributed by atoms with Gasteiger partial charge in [-0.3, -0.25) is 0 Å². The second-order valence-corrected chi connectivity index (χ2v) is 12.3. The molecule has 0 amide bonds. The highest BCUT2D eigenvalue weighted by atomic mass is 16.3. The highest BCUT2D eigenvalue weighted by molar-refractivity contribution is 6.12. The van der Waals surface area contributed by atoms with Crippen molar-refractivity contribution in [2.45, 2.75) is 25.7 Å². The smallest absolute Gasteiger partial charge is 0.160 e. The van der Waals surface area contributed by atoms with Crippen molar-refractivity contribution in [1.29, 1.82) is 0 Å². The van der Waals surface area contributed by atoms with Gasteiger partial charge >= 0.3 is 0 Å². The fourth-order valence-electron chi connectivity index (χ4n) is 7.29. The fraction of sp³-hybridized carbons (Fsp3) is 0.100. The van der Waals surface area contributed by atoms with Gasteiger partial charge in [0, 0.05) is 27.3 Å². The third-order valence-corrected chi connectivity index (χ3v) is 9.14. The van der Waals surface area contributed by atoms with E-state index in [1.165, 1.54) is 38.4 Å². The van der Waals surface area contributed by atoms with E-state index in [1.807, 2.05) is 18.2 Å². The van der Waals surface area contributed by atoms with Gasteiger partial charge in [0.15, 0.2) is 5.82 Å². The SMILES string of the molecule is CC1(C)Cc2ccc3ccccc3c2-c2ccc3oc4ccc(-c5nc(-c6ccccc6)c6ccccc6n5)cc4c3c21. The molecule has 0 saturated carbocycles. The normalized spacial score (nSPS) is 13.9. The molecular formula is C40H28N2O. The first-order valence-corrected chi connectivity index (χ1v) is 14.9. The van der Waals surface area contributed by atoms with Crippen molar-refractivity contribution < 1.29 is 4.42 Å². The van der Waals surface area contributed by atoms with Crippen LogP contribution in [0.4, 0.5) is 0 Å². The van der Waals surface area contributed by atoms with Gasteiger partial charge in [0.05, 0.1) is 11.2 Å². The summed E-state index contributed by atoms with van der Waals surface area (Å²) >= 11 is 0. The molecule has 0 bridgehead atoms. The van der Waals surface area contributed by atoms with Gasteiger partial charge in [0.2, 0.25) is 0 Å². The molecule has 43 heavy (non-hydrogen) atoms. The van der Waals surface area contributed by atoms with Crippen molar-refractivity contribution in [3.8, 4) is 33.8 Å². The third-order valence-electron chi connectivity index (χ3n) is 9.14. The van der Waals surface area contributed by atoms with Gasteiger partial charge in [0.1, 0.15) is 11.2 Å². The highest BCUT2D eigenvalue weighted by Crippen LogP contribution is 2.50. The monoisotopic (exact) mass is 552 g/mol. The summed E-state index contributed by atoms with van der Waals surface area (Å²) in [6.07, 6.45) is 0.972. The van der Waals surface area contributed by atoms with Crippen LogP contribution in [0.15, 0.2) is 126 Å². The molecule has 2 aromatic heterocycles. The van der Waals surface area contributed by atoms with Crippen LogP contribution in [0.3, 0.4) is 0 Å². The lowest BCUT2D eigenvalue weighted by Gasteiger charge is -2.35. The van der Waals surface area contributed by atoms with Crippen LogP contribution in [-0.2, 0) is 11.8 Å². The Morgan fingerprint density at radius 1 is 0.628 bits per heavy atom. The van der Waals surface area contributed by atoms with Crippen LogP contribution in [0.25, 0.3) is 77.4 Å². The number of fused-ring (bicyclic) bond motifs is 10. The Bertz CT molecular complexity index is 2400. The summed E-state index contributed by atoms with van der Waals surface area (Å²) in [5.74, 6) is 0.717. The second kappa shape index (κ2) is 8.86. The Kier molecular flexibility index (Phi) is 5.01. The van der Waals surface area contributed by atoms with Crippen LogP contribution in [0, 0.1) is 0 Å². The van der Waals surface area contributed by atoms with E-state index in [9.17, 15) is 0 Å². The summed E-state index contributed by atoms with van der Waals surface area (Å²) in [6, 6.07) is 42.8. The van der Waals surface area contributed by atoms with Crippen molar-refractivity contribution in [1.82, 2.24) is 9.97 Å². The first-order valence-electron chi connectivity index (χ1n) is 14.9. The maximum absolute atomic E-state index is 6.50. The summed E-state index contributed by atoms with van der Waals surface area (Å²) in [5.41, 5.74) is 11.1. The minimum atomic E-state index is -0.0724. The van der Waals surface area contributed by atoms with E-state index < -0.39 is 0 Å².